The smallest absolute Gasteiger partial charge is 0.126 e. The molecule has 1 aliphatic heterocycles. The Labute approximate surface area is 119 Å². The third-order valence-electron chi connectivity index (χ3n) is 3.53. The summed E-state index contributed by atoms with van der Waals surface area (Å²) in [5.74, 6) is -0.249. The van der Waals surface area contributed by atoms with Crippen molar-refractivity contribution in [1.82, 2.24) is 10.2 Å². The second-order valence-electron chi connectivity index (χ2n) is 5.05. The van der Waals surface area contributed by atoms with E-state index in [0.29, 0.717) is 6.54 Å². The molecular formula is C14H21ClF2N2. The Hall–Kier alpha value is -0.710. The number of benzene rings is 1. The van der Waals surface area contributed by atoms with E-state index in [2.05, 4.69) is 10.2 Å². The lowest BCUT2D eigenvalue weighted by atomic mass is 9.96. The molecule has 19 heavy (non-hydrogen) atoms. The fourth-order valence-electron chi connectivity index (χ4n) is 2.60. The van der Waals surface area contributed by atoms with Crippen molar-refractivity contribution in [2.45, 2.75) is 19.4 Å². The second kappa shape index (κ2) is 7.78. The van der Waals surface area contributed by atoms with E-state index in [1.54, 1.807) is 0 Å². The summed E-state index contributed by atoms with van der Waals surface area (Å²) in [6.45, 7) is 3.71. The molecular weight excluding hydrogens is 270 g/mol. The van der Waals surface area contributed by atoms with Gasteiger partial charge in [-0.3, -0.25) is 4.90 Å². The predicted octanol–water partition coefficient (Wildman–Crippen LogP) is 2.82. The highest BCUT2D eigenvalue weighted by Crippen LogP contribution is 2.19. The van der Waals surface area contributed by atoms with E-state index in [0.717, 1.165) is 50.0 Å². The summed E-state index contributed by atoms with van der Waals surface area (Å²) < 4.78 is 26.2. The lowest BCUT2D eigenvalue weighted by Gasteiger charge is -2.31. The maximum Gasteiger partial charge on any atom is 0.126 e. The molecule has 1 aromatic rings. The van der Waals surface area contributed by atoms with Gasteiger partial charge in [0, 0.05) is 12.6 Å². The highest BCUT2D eigenvalue weighted by Gasteiger charge is 2.18. The number of rotatable bonds is 4. The van der Waals surface area contributed by atoms with E-state index in [4.69, 9.17) is 0 Å². The average molecular weight is 291 g/mol. The summed E-state index contributed by atoms with van der Waals surface area (Å²) in [7, 11) is 1.97. The van der Waals surface area contributed by atoms with Crippen LogP contribution in [0.4, 0.5) is 8.78 Å². The van der Waals surface area contributed by atoms with Crippen LogP contribution in [0.5, 0.6) is 0 Å². The standard InChI is InChI=1S/C14H20F2N2.ClH/c1-17-9-11-2-4-18(5-3-11)10-12-6-13(15)8-14(16)7-12;/h6-8,11,17H,2-5,9-10H2,1H3;1H. The van der Waals surface area contributed by atoms with Crippen LogP contribution in [0.3, 0.4) is 0 Å². The van der Waals surface area contributed by atoms with E-state index < -0.39 is 11.6 Å². The third kappa shape index (κ3) is 5.05. The Morgan fingerprint density at radius 1 is 1.16 bits per heavy atom. The number of hydrogen-bond acceptors (Lipinski definition) is 2. The molecule has 1 aliphatic rings. The molecule has 0 atom stereocenters. The molecule has 1 saturated heterocycles. The maximum absolute atomic E-state index is 13.1. The monoisotopic (exact) mass is 290 g/mol. The van der Waals surface area contributed by atoms with Crippen LogP contribution in [0.25, 0.3) is 0 Å². The molecule has 0 bridgehead atoms. The SMILES string of the molecule is CNCC1CCN(Cc2cc(F)cc(F)c2)CC1.Cl. The summed E-state index contributed by atoms with van der Waals surface area (Å²) in [5.41, 5.74) is 0.722. The van der Waals surface area contributed by atoms with Crippen LogP contribution in [-0.4, -0.2) is 31.6 Å². The van der Waals surface area contributed by atoms with Crippen LogP contribution in [0, 0.1) is 17.6 Å². The minimum Gasteiger partial charge on any atom is -0.319 e. The van der Waals surface area contributed by atoms with Crippen LogP contribution < -0.4 is 5.32 Å². The highest BCUT2D eigenvalue weighted by atomic mass is 35.5. The largest absolute Gasteiger partial charge is 0.319 e. The zero-order chi connectivity index (χ0) is 13.0. The second-order valence-corrected chi connectivity index (χ2v) is 5.05. The molecule has 1 aromatic carbocycles. The van der Waals surface area contributed by atoms with Crippen LogP contribution >= 0.6 is 12.4 Å². The maximum atomic E-state index is 13.1. The van der Waals surface area contributed by atoms with Crippen molar-refractivity contribution in [3.05, 3.63) is 35.4 Å². The fourth-order valence-corrected chi connectivity index (χ4v) is 2.60. The minimum atomic E-state index is -0.491. The van der Waals surface area contributed by atoms with Crippen LogP contribution in [0.1, 0.15) is 18.4 Å². The van der Waals surface area contributed by atoms with E-state index in [-0.39, 0.29) is 12.4 Å². The number of nitrogens with zero attached hydrogens (tertiary/aromatic N) is 1. The van der Waals surface area contributed by atoms with Crippen molar-refractivity contribution in [3.8, 4) is 0 Å². The van der Waals surface area contributed by atoms with Gasteiger partial charge < -0.3 is 5.32 Å². The molecule has 0 unspecified atom stereocenters. The molecule has 1 heterocycles. The Balaban J connectivity index is 0.00000180. The first-order valence-corrected chi connectivity index (χ1v) is 6.49. The molecule has 5 heteroatoms. The topological polar surface area (TPSA) is 15.3 Å². The quantitative estimate of drug-likeness (QED) is 0.917. The average Bonchev–Trinajstić information content (AvgIpc) is 2.31. The van der Waals surface area contributed by atoms with Gasteiger partial charge in [-0.05, 0) is 63.1 Å². The van der Waals surface area contributed by atoms with Crippen LogP contribution in [0.2, 0.25) is 0 Å². The first-order chi connectivity index (χ1) is 8.67. The molecule has 2 nitrogen and oxygen atoms in total. The molecule has 1 N–H and O–H groups in total. The molecule has 0 saturated carbocycles. The summed E-state index contributed by atoms with van der Waals surface area (Å²) >= 11 is 0. The zero-order valence-corrected chi connectivity index (χ0v) is 12.0. The van der Waals surface area contributed by atoms with Gasteiger partial charge in [0.25, 0.3) is 0 Å². The lowest BCUT2D eigenvalue weighted by molar-refractivity contribution is 0.176. The molecule has 108 valence electrons. The summed E-state index contributed by atoms with van der Waals surface area (Å²) in [4.78, 5) is 2.26. The molecule has 0 amide bonds. The number of halogens is 3. The molecule has 0 radical (unpaired) electrons. The van der Waals surface area contributed by atoms with Gasteiger partial charge in [0.05, 0.1) is 0 Å². The number of hydrogen-bond donors (Lipinski definition) is 1. The van der Waals surface area contributed by atoms with Gasteiger partial charge in [-0.15, -0.1) is 12.4 Å². The number of nitrogens with one attached hydrogen (secondary N) is 1. The van der Waals surface area contributed by atoms with Gasteiger partial charge in [0.2, 0.25) is 0 Å². The Kier molecular flexibility index (Phi) is 6.69. The lowest BCUT2D eigenvalue weighted by Crippen LogP contribution is -2.36. The summed E-state index contributed by atoms with van der Waals surface area (Å²) in [5, 5.41) is 3.20. The van der Waals surface area contributed by atoms with E-state index in [9.17, 15) is 8.78 Å². The van der Waals surface area contributed by atoms with E-state index in [1.807, 2.05) is 7.05 Å². The van der Waals surface area contributed by atoms with Gasteiger partial charge in [0.15, 0.2) is 0 Å². The van der Waals surface area contributed by atoms with Crippen molar-refractivity contribution in [1.29, 1.82) is 0 Å². The first-order valence-electron chi connectivity index (χ1n) is 6.49. The van der Waals surface area contributed by atoms with E-state index >= 15 is 0 Å². The van der Waals surface area contributed by atoms with Crippen molar-refractivity contribution >= 4 is 12.4 Å². The predicted molar refractivity (Wildman–Crippen MR) is 75.5 cm³/mol. The number of piperidine rings is 1. The molecule has 0 spiro atoms. The van der Waals surface area contributed by atoms with Gasteiger partial charge in [-0.2, -0.15) is 0 Å². The zero-order valence-electron chi connectivity index (χ0n) is 11.2. The van der Waals surface area contributed by atoms with E-state index in [1.165, 1.54) is 12.1 Å². The van der Waals surface area contributed by atoms with Crippen LogP contribution in [0.15, 0.2) is 18.2 Å². The molecule has 0 aliphatic carbocycles. The normalized spacial score (nSPS) is 17.2. The third-order valence-corrected chi connectivity index (χ3v) is 3.53. The summed E-state index contributed by atoms with van der Waals surface area (Å²) in [6.07, 6.45) is 2.30. The van der Waals surface area contributed by atoms with Crippen molar-refractivity contribution in [3.63, 3.8) is 0 Å². The van der Waals surface area contributed by atoms with Crippen molar-refractivity contribution in [2.75, 3.05) is 26.7 Å². The van der Waals surface area contributed by atoms with Crippen molar-refractivity contribution in [2.24, 2.45) is 5.92 Å². The minimum absolute atomic E-state index is 0. The Morgan fingerprint density at radius 2 is 1.74 bits per heavy atom. The molecule has 2 rings (SSSR count). The molecule has 1 fully saturated rings. The van der Waals surface area contributed by atoms with Gasteiger partial charge >= 0.3 is 0 Å². The van der Waals surface area contributed by atoms with Crippen molar-refractivity contribution < 1.29 is 8.78 Å². The Morgan fingerprint density at radius 3 is 2.26 bits per heavy atom. The first kappa shape index (κ1) is 16.3. The van der Waals surface area contributed by atoms with Gasteiger partial charge in [0.1, 0.15) is 11.6 Å². The van der Waals surface area contributed by atoms with Crippen LogP contribution in [-0.2, 0) is 6.54 Å². The van der Waals surface area contributed by atoms with Gasteiger partial charge in [-0.25, -0.2) is 8.78 Å². The summed E-state index contributed by atoms with van der Waals surface area (Å²) in [6, 6.07) is 3.76. The molecule has 0 aromatic heterocycles. The fraction of sp³-hybridized carbons (Fsp3) is 0.571. The Bertz CT molecular complexity index is 373. The van der Waals surface area contributed by atoms with Gasteiger partial charge in [-0.1, -0.05) is 0 Å². The number of likely N-dealkylation sites (tertiary alicyclic amines) is 1. The highest BCUT2D eigenvalue weighted by molar-refractivity contribution is 5.85.